The topological polar surface area (TPSA) is 26.0 Å². The molecule has 0 fully saturated rings. The normalized spacial score (nSPS) is 9.07. The van der Waals surface area contributed by atoms with Crippen LogP contribution in [0.15, 0.2) is 12.1 Å². The molecular weight excluding hydrogens is 194 g/mol. The molecule has 0 aromatic heterocycles. The van der Waals surface area contributed by atoms with Gasteiger partial charge in [0.25, 0.3) is 0 Å². The molecule has 0 unspecified atom stereocenters. The molecule has 0 bridgehead atoms. The van der Waals surface area contributed by atoms with Crippen molar-refractivity contribution in [3.8, 4) is 0 Å². The van der Waals surface area contributed by atoms with Gasteiger partial charge in [-0.1, -0.05) is 70.0 Å². The van der Waals surface area contributed by atoms with Gasteiger partial charge in [-0.3, -0.25) is 0 Å². The maximum Gasteiger partial charge on any atom is -0.00296 e. The Morgan fingerprint density at radius 1 is 1.00 bits per heavy atom. The zero-order chi connectivity index (χ0) is 11.1. The van der Waals surface area contributed by atoms with E-state index in [1.54, 1.807) is 0 Å². The van der Waals surface area contributed by atoms with Gasteiger partial charge in [-0.25, -0.2) is 0 Å². The molecule has 0 spiro atoms. The first-order valence-corrected chi connectivity index (χ1v) is 6.18. The fraction of sp³-hybridized carbons (Fsp3) is 0.833. The van der Waals surface area contributed by atoms with Crippen molar-refractivity contribution < 1.29 is 0 Å². The second kappa shape index (κ2) is 18.7. The highest BCUT2D eigenvalue weighted by Crippen LogP contribution is 2.07. The van der Waals surface area contributed by atoms with Crippen molar-refractivity contribution in [2.75, 3.05) is 6.54 Å². The van der Waals surface area contributed by atoms with Crippen molar-refractivity contribution in [1.82, 2.24) is 0 Å². The highest BCUT2D eigenvalue weighted by Gasteiger charge is 1.89. The lowest BCUT2D eigenvalue weighted by Gasteiger charge is -1.99. The lowest BCUT2D eigenvalue weighted by molar-refractivity contribution is 0.578. The minimum atomic E-state index is 0.870. The average molecular weight is 220 g/mol. The van der Waals surface area contributed by atoms with E-state index in [-0.39, 0.29) is 0 Å². The molecule has 0 aromatic carbocycles. The number of halogens is 1. The summed E-state index contributed by atoms with van der Waals surface area (Å²) in [5.74, 6) is 0. The van der Waals surface area contributed by atoms with Gasteiger partial charge in [0, 0.05) is 0 Å². The minimum absolute atomic E-state index is 0.870. The Labute approximate surface area is 94.7 Å². The number of hydrogen-bond acceptors (Lipinski definition) is 1. The molecule has 0 rings (SSSR count). The van der Waals surface area contributed by atoms with Crippen LogP contribution in [-0.2, 0) is 0 Å². The van der Waals surface area contributed by atoms with E-state index < -0.39 is 0 Å². The van der Waals surface area contributed by atoms with Crippen molar-refractivity contribution >= 4 is 11.6 Å². The van der Waals surface area contributed by atoms with E-state index in [1.165, 1.54) is 56.9 Å². The van der Waals surface area contributed by atoms with E-state index in [0.29, 0.717) is 0 Å². The van der Waals surface area contributed by atoms with Gasteiger partial charge < -0.3 is 5.73 Å². The quantitative estimate of drug-likeness (QED) is 0.600. The smallest absolute Gasteiger partial charge is 0.00296 e. The summed E-state index contributed by atoms with van der Waals surface area (Å²) in [6, 6.07) is 0. The van der Waals surface area contributed by atoms with Crippen LogP contribution < -0.4 is 5.73 Å². The fourth-order valence-corrected chi connectivity index (χ4v) is 1.28. The summed E-state index contributed by atoms with van der Waals surface area (Å²) in [7, 11) is 0. The number of unbranched alkanes of at least 4 members (excludes halogenated alkanes) is 7. The SMILES string of the molecule is C=CCl.CCCCCCCCCCN. The molecule has 14 heavy (non-hydrogen) atoms. The van der Waals surface area contributed by atoms with Crippen LogP contribution in [0, 0.1) is 0 Å². The molecule has 86 valence electrons. The van der Waals surface area contributed by atoms with Crippen molar-refractivity contribution in [3.05, 3.63) is 12.1 Å². The predicted molar refractivity (Wildman–Crippen MR) is 67.7 cm³/mol. The summed E-state index contributed by atoms with van der Waals surface area (Å²) >= 11 is 4.76. The van der Waals surface area contributed by atoms with Gasteiger partial charge in [-0.15, -0.1) is 0 Å². The number of nitrogens with two attached hydrogens (primary N) is 1. The van der Waals surface area contributed by atoms with Crippen LogP contribution in [0.2, 0.25) is 0 Å². The standard InChI is InChI=1S/C10H23N.C2H3Cl/c1-2-3-4-5-6-7-8-9-10-11;1-2-3/h2-11H2,1H3;2H,1H2. The van der Waals surface area contributed by atoms with Gasteiger partial charge >= 0.3 is 0 Å². The number of hydrogen-bond donors (Lipinski definition) is 1. The van der Waals surface area contributed by atoms with Crippen LogP contribution >= 0.6 is 11.6 Å². The average Bonchev–Trinajstić information content (AvgIpc) is 2.18. The van der Waals surface area contributed by atoms with Crippen molar-refractivity contribution in [3.63, 3.8) is 0 Å². The Bertz CT molecular complexity index is 86.3. The van der Waals surface area contributed by atoms with Gasteiger partial charge in [0.05, 0.1) is 0 Å². The first-order chi connectivity index (χ1) is 6.83. The Morgan fingerprint density at radius 3 is 1.71 bits per heavy atom. The summed E-state index contributed by atoms with van der Waals surface area (Å²) in [6.07, 6.45) is 11.0. The molecule has 0 aliphatic heterocycles. The summed E-state index contributed by atoms with van der Waals surface area (Å²) < 4.78 is 0. The fourth-order valence-electron chi connectivity index (χ4n) is 1.28. The minimum Gasteiger partial charge on any atom is -0.330 e. The van der Waals surface area contributed by atoms with Crippen LogP contribution in [0.25, 0.3) is 0 Å². The first kappa shape index (κ1) is 16.4. The molecule has 2 heteroatoms. The summed E-state index contributed by atoms with van der Waals surface area (Å²) in [4.78, 5) is 0. The third-order valence-electron chi connectivity index (χ3n) is 2.06. The van der Waals surface area contributed by atoms with Crippen LogP contribution in [-0.4, -0.2) is 6.54 Å². The first-order valence-electron chi connectivity index (χ1n) is 5.74. The molecule has 0 atom stereocenters. The van der Waals surface area contributed by atoms with E-state index in [9.17, 15) is 0 Å². The second-order valence-electron chi connectivity index (χ2n) is 3.42. The maximum atomic E-state index is 5.39. The van der Waals surface area contributed by atoms with Crippen molar-refractivity contribution in [1.29, 1.82) is 0 Å². The third-order valence-corrected chi connectivity index (χ3v) is 2.06. The molecule has 0 aliphatic carbocycles. The predicted octanol–water partition coefficient (Wildman–Crippen LogP) is 4.45. The van der Waals surface area contributed by atoms with Crippen molar-refractivity contribution in [2.24, 2.45) is 5.73 Å². The molecule has 0 heterocycles. The molecule has 0 saturated heterocycles. The van der Waals surface area contributed by atoms with Crippen LogP contribution in [0.5, 0.6) is 0 Å². The lowest BCUT2D eigenvalue weighted by atomic mass is 10.1. The molecule has 2 N–H and O–H groups in total. The largest absolute Gasteiger partial charge is 0.330 e. The Balaban J connectivity index is 0. The second-order valence-corrected chi connectivity index (χ2v) is 3.73. The highest BCUT2D eigenvalue weighted by atomic mass is 35.5. The zero-order valence-corrected chi connectivity index (χ0v) is 10.4. The molecule has 0 saturated carbocycles. The van der Waals surface area contributed by atoms with E-state index in [0.717, 1.165) is 6.54 Å². The van der Waals surface area contributed by atoms with E-state index in [2.05, 4.69) is 13.5 Å². The molecular formula is C12H26ClN. The summed E-state index contributed by atoms with van der Waals surface area (Å²) in [5, 5.41) is 0. The summed E-state index contributed by atoms with van der Waals surface area (Å²) in [5.41, 5.74) is 6.61. The van der Waals surface area contributed by atoms with Gasteiger partial charge in [-0.05, 0) is 18.5 Å². The Morgan fingerprint density at radius 2 is 1.36 bits per heavy atom. The number of rotatable bonds is 8. The summed E-state index contributed by atoms with van der Waals surface area (Å²) in [6.45, 7) is 6.25. The van der Waals surface area contributed by atoms with Crippen molar-refractivity contribution in [2.45, 2.75) is 58.3 Å². The van der Waals surface area contributed by atoms with Gasteiger partial charge in [-0.2, -0.15) is 0 Å². The monoisotopic (exact) mass is 219 g/mol. The Hall–Kier alpha value is -0.0100. The van der Waals surface area contributed by atoms with Gasteiger partial charge in [0.1, 0.15) is 0 Å². The molecule has 0 radical (unpaired) electrons. The Kier molecular flexibility index (Phi) is 21.9. The third kappa shape index (κ3) is 22.7. The van der Waals surface area contributed by atoms with E-state index in [4.69, 9.17) is 17.3 Å². The van der Waals surface area contributed by atoms with E-state index in [1.807, 2.05) is 0 Å². The van der Waals surface area contributed by atoms with Crippen LogP contribution in [0.1, 0.15) is 58.3 Å². The van der Waals surface area contributed by atoms with Gasteiger partial charge in [0.15, 0.2) is 0 Å². The molecule has 0 aliphatic rings. The van der Waals surface area contributed by atoms with Crippen LogP contribution in [0.3, 0.4) is 0 Å². The maximum absolute atomic E-state index is 5.39. The lowest BCUT2D eigenvalue weighted by Crippen LogP contribution is -1.97. The zero-order valence-electron chi connectivity index (χ0n) is 9.60. The molecule has 0 amide bonds. The van der Waals surface area contributed by atoms with Crippen LogP contribution in [0.4, 0.5) is 0 Å². The molecule has 0 aromatic rings. The highest BCUT2D eigenvalue weighted by molar-refractivity contribution is 6.25. The van der Waals surface area contributed by atoms with Gasteiger partial charge in [0.2, 0.25) is 0 Å². The van der Waals surface area contributed by atoms with E-state index >= 15 is 0 Å². The molecule has 1 nitrogen and oxygen atoms in total.